The number of hydrogen-bond acceptors (Lipinski definition) is 4. The van der Waals surface area contributed by atoms with Gasteiger partial charge in [0, 0.05) is 39.8 Å². The van der Waals surface area contributed by atoms with Crippen LogP contribution in [-0.4, -0.2) is 67.8 Å². The van der Waals surface area contributed by atoms with Crippen molar-refractivity contribution in [1.29, 1.82) is 0 Å². The number of piperidine rings is 1. The zero-order chi connectivity index (χ0) is 20.6. The highest BCUT2D eigenvalue weighted by Gasteiger charge is 2.58. The number of halogens is 3. The van der Waals surface area contributed by atoms with Crippen LogP contribution < -0.4 is 0 Å². The molecule has 0 aliphatic carbocycles. The van der Waals surface area contributed by atoms with E-state index in [0.717, 1.165) is 43.5 Å². The topological polar surface area (TPSA) is 42.0 Å². The Kier molecular flexibility index (Phi) is 5.61. The van der Waals surface area contributed by atoms with Crippen molar-refractivity contribution in [1.82, 2.24) is 9.80 Å². The van der Waals surface area contributed by atoms with Gasteiger partial charge in [0.2, 0.25) is 5.91 Å². The van der Waals surface area contributed by atoms with Crippen LogP contribution in [0.5, 0.6) is 0 Å². The molecule has 160 valence electrons. The summed E-state index contributed by atoms with van der Waals surface area (Å²) in [6.45, 7) is 3.77. The summed E-state index contributed by atoms with van der Waals surface area (Å²) in [6, 6.07) is 5.33. The van der Waals surface area contributed by atoms with Crippen LogP contribution in [0.25, 0.3) is 0 Å². The lowest BCUT2D eigenvalue weighted by molar-refractivity contribution is -0.153. The maximum absolute atomic E-state index is 13.3. The molecule has 0 N–H and O–H groups in total. The van der Waals surface area contributed by atoms with Crippen LogP contribution in [0.4, 0.5) is 13.2 Å². The van der Waals surface area contributed by atoms with Crippen molar-refractivity contribution in [2.45, 2.75) is 44.2 Å². The molecule has 3 fully saturated rings. The van der Waals surface area contributed by atoms with Gasteiger partial charge >= 0.3 is 6.18 Å². The van der Waals surface area contributed by atoms with E-state index in [1.807, 2.05) is 4.90 Å². The SMILES string of the molecule is COCCN1CCC[C@@]2(C[C@H]3CN(Cc4ccc(C(F)(F)F)cc4)C[C@H]2O3)C1=O. The first-order valence-electron chi connectivity index (χ1n) is 10.1. The average molecular weight is 412 g/mol. The number of methoxy groups -OCH3 is 1. The first-order chi connectivity index (χ1) is 13.8. The number of carbonyl (C=O) groups excluding carboxylic acids is 1. The maximum atomic E-state index is 13.3. The third kappa shape index (κ3) is 4.02. The number of alkyl halides is 3. The Hall–Kier alpha value is -1.64. The van der Waals surface area contributed by atoms with Crippen LogP contribution in [0.3, 0.4) is 0 Å². The molecule has 1 aromatic rings. The predicted octanol–water partition coefficient (Wildman–Crippen LogP) is 2.93. The van der Waals surface area contributed by atoms with Gasteiger partial charge in [0.25, 0.3) is 0 Å². The zero-order valence-electron chi connectivity index (χ0n) is 16.6. The number of fused-ring (bicyclic) bond motifs is 3. The number of likely N-dealkylation sites (tertiary alicyclic amines) is 2. The highest BCUT2D eigenvalue weighted by molar-refractivity contribution is 5.84. The Morgan fingerprint density at radius 3 is 2.69 bits per heavy atom. The van der Waals surface area contributed by atoms with Gasteiger partial charge in [-0.3, -0.25) is 9.69 Å². The van der Waals surface area contributed by atoms with E-state index < -0.39 is 17.2 Å². The summed E-state index contributed by atoms with van der Waals surface area (Å²) < 4.78 is 49.6. The van der Waals surface area contributed by atoms with E-state index in [4.69, 9.17) is 9.47 Å². The van der Waals surface area contributed by atoms with Crippen molar-refractivity contribution >= 4 is 5.91 Å². The van der Waals surface area contributed by atoms with Crippen molar-refractivity contribution in [3.05, 3.63) is 35.4 Å². The molecule has 0 radical (unpaired) electrons. The predicted molar refractivity (Wildman–Crippen MR) is 100 cm³/mol. The fourth-order valence-corrected chi connectivity index (χ4v) is 5.07. The second kappa shape index (κ2) is 7.89. The van der Waals surface area contributed by atoms with Crippen molar-refractivity contribution < 1.29 is 27.4 Å². The number of rotatable bonds is 5. The Morgan fingerprint density at radius 2 is 2.00 bits per heavy atom. The van der Waals surface area contributed by atoms with Crippen LogP contribution in [-0.2, 0) is 27.0 Å². The lowest BCUT2D eigenvalue weighted by atomic mass is 9.73. The first-order valence-corrected chi connectivity index (χ1v) is 10.1. The molecule has 3 saturated heterocycles. The summed E-state index contributed by atoms with van der Waals surface area (Å²) in [5, 5.41) is 0. The van der Waals surface area contributed by atoms with Gasteiger partial charge in [-0.2, -0.15) is 13.2 Å². The molecule has 29 heavy (non-hydrogen) atoms. The minimum atomic E-state index is -4.32. The smallest absolute Gasteiger partial charge is 0.383 e. The van der Waals surface area contributed by atoms with Gasteiger partial charge < -0.3 is 14.4 Å². The van der Waals surface area contributed by atoms with E-state index in [1.165, 1.54) is 12.1 Å². The molecule has 0 saturated carbocycles. The molecule has 8 heteroatoms. The molecular formula is C21H27F3N2O3. The second-order valence-corrected chi connectivity index (χ2v) is 8.38. The van der Waals surface area contributed by atoms with Gasteiger partial charge in [0.1, 0.15) is 0 Å². The maximum Gasteiger partial charge on any atom is 0.416 e. The second-order valence-electron chi connectivity index (χ2n) is 8.38. The van der Waals surface area contributed by atoms with E-state index in [2.05, 4.69) is 4.90 Å². The molecule has 3 atom stereocenters. The fraction of sp³-hybridized carbons (Fsp3) is 0.667. The van der Waals surface area contributed by atoms with Crippen LogP contribution in [0, 0.1) is 5.41 Å². The number of morpholine rings is 1. The molecule has 0 unspecified atom stereocenters. The van der Waals surface area contributed by atoms with E-state index in [9.17, 15) is 18.0 Å². The van der Waals surface area contributed by atoms with E-state index in [-0.39, 0.29) is 18.1 Å². The Labute approximate surface area is 168 Å². The minimum Gasteiger partial charge on any atom is -0.383 e. The molecule has 1 aromatic carbocycles. The third-order valence-corrected chi connectivity index (χ3v) is 6.47. The van der Waals surface area contributed by atoms with Gasteiger partial charge in [-0.25, -0.2) is 0 Å². The fourth-order valence-electron chi connectivity index (χ4n) is 5.07. The molecular weight excluding hydrogens is 385 g/mol. The molecule has 3 aliphatic heterocycles. The number of hydrogen-bond donors (Lipinski definition) is 0. The Balaban J connectivity index is 1.43. The summed E-state index contributed by atoms with van der Waals surface area (Å²) in [5.41, 5.74) is -0.262. The van der Waals surface area contributed by atoms with Crippen LogP contribution >= 0.6 is 0 Å². The average Bonchev–Trinajstić information content (AvgIpc) is 2.93. The van der Waals surface area contributed by atoms with Crippen molar-refractivity contribution in [3.8, 4) is 0 Å². The lowest BCUT2D eigenvalue weighted by Gasteiger charge is -2.42. The van der Waals surface area contributed by atoms with Crippen LogP contribution in [0.1, 0.15) is 30.4 Å². The quantitative estimate of drug-likeness (QED) is 0.746. The van der Waals surface area contributed by atoms with Gasteiger partial charge in [-0.15, -0.1) is 0 Å². The summed E-state index contributed by atoms with van der Waals surface area (Å²) in [7, 11) is 1.63. The molecule has 5 nitrogen and oxygen atoms in total. The van der Waals surface area contributed by atoms with E-state index in [1.54, 1.807) is 7.11 Å². The van der Waals surface area contributed by atoms with Crippen molar-refractivity contribution in [2.75, 3.05) is 39.9 Å². The van der Waals surface area contributed by atoms with Gasteiger partial charge in [-0.05, 0) is 37.0 Å². The standard InChI is InChI=1S/C21H27F3N2O3/c1-28-10-9-26-8-2-7-20(19(26)27)11-17-13-25(14-18(20)29-17)12-15-3-5-16(6-4-15)21(22,23)24/h3-6,17-18H,2,7-14H2,1H3/t17-,18+,20-/m0/s1. The minimum absolute atomic E-state index is 0.00507. The highest BCUT2D eigenvalue weighted by Crippen LogP contribution is 2.48. The van der Waals surface area contributed by atoms with E-state index >= 15 is 0 Å². The number of ether oxygens (including phenoxy) is 2. The third-order valence-electron chi connectivity index (χ3n) is 6.47. The molecule has 3 aliphatic rings. The number of nitrogens with zero attached hydrogens (tertiary/aromatic N) is 2. The monoisotopic (exact) mass is 412 g/mol. The van der Waals surface area contributed by atoms with Gasteiger partial charge in [0.05, 0.1) is 29.8 Å². The summed E-state index contributed by atoms with van der Waals surface area (Å²) >= 11 is 0. The van der Waals surface area contributed by atoms with Crippen LogP contribution in [0.2, 0.25) is 0 Å². The first kappa shape index (κ1) is 20.6. The summed E-state index contributed by atoms with van der Waals surface area (Å²) in [5.74, 6) is 0.171. The molecule has 3 heterocycles. The molecule has 2 bridgehead atoms. The lowest BCUT2D eigenvalue weighted by Crippen LogP contribution is -2.55. The molecule has 1 amide bonds. The molecule has 0 aromatic heterocycles. The molecule has 1 spiro atoms. The van der Waals surface area contributed by atoms with Crippen LogP contribution in [0.15, 0.2) is 24.3 Å². The number of benzene rings is 1. The van der Waals surface area contributed by atoms with Crippen molar-refractivity contribution in [2.24, 2.45) is 5.41 Å². The largest absolute Gasteiger partial charge is 0.416 e. The summed E-state index contributed by atoms with van der Waals surface area (Å²) in [4.78, 5) is 17.4. The van der Waals surface area contributed by atoms with Gasteiger partial charge in [-0.1, -0.05) is 12.1 Å². The Bertz CT molecular complexity index is 740. The normalized spacial score (nSPS) is 30.3. The van der Waals surface area contributed by atoms with Crippen molar-refractivity contribution in [3.63, 3.8) is 0 Å². The zero-order valence-corrected chi connectivity index (χ0v) is 16.6. The van der Waals surface area contributed by atoms with E-state index in [0.29, 0.717) is 32.8 Å². The number of amides is 1. The molecule has 4 rings (SSSR count). The summed E-state index contributed by atoms with van der Waals surface area (Å²) in [6.07, 6.45) is -1.96. The highest BCUT2D eigenvalue weighted by atomic mass is 19.4. The number of carbonyl (C=O) groups is 1. The van der Waals surface area contributed by atoms with Gasteiger partial charge in [0.15, 0.2) is 0 Å². The Morgan fingerprint density at radius 1 is 1.24 bits per heavy atom.